The van der Waals surface area contributed by atoms with Gasteiger partial charge in [-0.15, -0.1) is 0 Å². The van der Waals surface area contributed by atoms with E-state index in [9.17, 15) is 14.0 Å². The number of rotatable bonds is 4. The Balaban J connectivity index is 1.48. The van der Waals surface area contributed by atoms with E-state index in [2.05, 4.69) is 5.32 Å². The highest BCUT2D eigenvalue weighted by Crippen LogP contribution is 2.46. The van der Waals surface area contributed by atoms with E-state index in [1.165, 1.54) is 12.1 Å². The van der Waals surface area contributed by atoms with Crippen molar-refractivity contribution in [1.29, 1.82) is 0 Å². The molecule has 0 radical (unpaired) electrons. The minimum absolute atomic E-state index is 0.0468. The van der Waals surface area contributed by atoms with Crippen LogP contribution in [0.1, 0.15) is 61.4 Å². The molecule has 1 fully saturated rings. The zero-order valence-electron chi connectivity index (χ0n) is 18.1. The van der Waals surface area contributed by atoms with Gasteiger partial charge in [-0.3, -0.25) is 9.59 Å². The van der Waals surface area contributed by atoms with Crippen LogP contribution in [0.15, 0.2) is 48.5 Å². The lowest BCUT2D eigenvalue weighted by atomic mass is 9.76. The summed E-state index contributed by atoms with van der Waals surface area (Å²) in [6.07, 6.45) is 2.54. The number of hydrogen-bond donors (Lipinski definition) is 1. The SMILES string of the molecule is CC(C)NC(=O)CC1CC2(CCN(C(=O)c3cccc(F)c3)CC2)Oc2ccccc21. The number of likely N-dealkylation sites (tertiary alicyclic amines) is 1. The van der Waals surface area contributed by atoms with Gasteiger partial charge in [-0.1, -0.05) is 24.3 Å². The minimum atomic E-state index is -0.408. The van der Waals surface area contributed by atoms with Gasteiger partial charge in [-0.25, -0.2) is 4.39 Å². The molecule has 1 unspecified atom stereocenters. The monoisotopic (exact) mass is 424 g/mol. The van der Waals surface area contributed by atoms with Gasteiger partial charge >= 0.3 is 0 Å². The number of carbonyl (C=O) groups excluding carboxylic acids is 2. The van der Waals surface area contributed by atoms with E-state index in [-0.39, 0.29) is 23.8 Å². The van der Waals surface area contributed by atoms with Gasteiger partial charge in [0.25, 0.3) is 5.91 Å². The van der Waals surface area contributed by atoms with Crippen molar-refractivity contribution in [3.63, 3.8) is 0 Å². The van der Waals surface area contributed by atoms with Crippen LogP contribution in [0.25, 0.3) is 0 Å². The fraction of sp³-hybridized carbons (Fsp3) is 0.440. The van der Waals surface area contributed by atoms with E-state index in [4.69, 9.17) is 4.74 Å². The summed E-state index contributed by atoms with van der Waals surface area (Å²) in [7, 11) is 0. The lowest BCUT2D eigenvalue weighted by Gasteiger charge is -2.47. The summed E-state index contributed by atoms with van der Waals surface area (Å²) >= 11 is 0. The summed E-state index contributed by atoms with van der Waals surface area (Å²) in [5, 5.41) is 2.99. The number of fused-ring (bicyclic) bond motifs is 1. The van der Waals surface area contributed by atoms with Gasteiger partial charge in [0.05, 0.1) is 0 Å². The van der Waals surface area contributed by atoms with Crippen LogP contribution in [0.5, 0.6) is 5.75 Å². The fourth-order valence-electron chi connectivity index (χ4n) is 4.76. The number of amides is 2. The molecule has 164 valence electrons. The standard InChI is InChI=1S/C25H29FN2O3/c1-17(2)27-23(29)15-19-16-25(31-22-9-4-3-8-21(19)22)10-12-28(13-11-25)24(30)18-6-5-7-20(26)14-18/h3-9,14,17,19H,10-13,15-16H2,1-2H3,(H,27,29). The van der Waals surface area contributed by atoms with Crippen LogP contribution in [0.2, 0.25) is 0 Å². The maximum Gasteiger partial charge on any atom is 0.253 e. The van der Waals surface area contributed by atoms with Crippen molar-refractivity contribution >= 4 is 11.8 Å². The van der Waals surface area contributed by atoms with Crippen molar-refractivity contribution in [3.8, 4) is 5.75 Å². The number of nitrogens with one attached hydrogen (secondary N) is 1. The molecule has 0 bridgehead atoms. The van der Waals surface area contributed by atoms with E-state index < -0.39 is 11.4 Å². The van der Waals surface area contributed by atoms with Crippen LogP contribution < -0.4 is 10.1 Å². The van der Waals surface area contributed by atoms with E-state index in [0.717, 1.165) is 17.7 Å². The van der Waals surface area contributed by atoms with Gasteiger partial charge in [-0.05, 0) is 50.1 Å². The Morgan fingerprint density at radius 2 is 1.90 bits per heavy atom. The third-order valence-electron chi connectivity index (χ3n) is 6.22. The Kier molecular flexibility index (Phi) is 5.99. The van der Waals surface area contributed by atoms with Crippen molar-refractivity contribution in [2.24, 2.45) is 0 Å². The molecule has 2 aromatic carbocycles. The number of hydrogen-bond acceptors (Lipinski definition) is 3. The van der Waals surface area contributed by atoms with Gasteiger partial charge in [0.1, 0.15) is 17.2 Å². The summed E-state index contributed by atoms with van der Waals surface area (Å²) in [4.78, 5) is 27.1. The molecule has 6 heteroatoms. The van der Waals surface area contributed by atoms with Crippen LogP contribution in [-0.2, 0) is 4.79 Å². The Morgan fingerprint density at radius 1 is 1.16 bits per heavy atom. The average molecular weight is 425 g/mol. The number of ether oxygens (including phenoxy) is 1. The minimum Gasteiger partial charge on any atom is -0.487 e. The van der Waals surface area contributed by atoms with Crippen LogP contribution in [-0.4, -0.2) is 41.4 Å². The van der Waals surface area contributed by atoms with Gasteiger partial charge in [0, 0.05) is 49.9 Å². The molecule has 1 N–H and O–H groups in total. The van der Waals surface area contributed by atoms with Crippen molar-refractivity contribution in [3.05, 3.63) is 65.5 Å². The predicted molar refractivity (Wildman–Crippen MR) is 117 cm³/mol. The van der Waals surface area contributed by atoms with Crippen LogP contribution in [0.3, 0.4) is 0 Å². The van der Waals surface area contributed by atoms with Crippen LogP contribution in [0, 0.1) is 5.82 Å². The first-order valence-electron chi connectivity index (χ1n) is 11.0. The second kappa shape index (κ2) is 8.69. The molecule has 0 saturated carbocycles. The van der Waals surface area contributed by atoms with Gasteiger partial charge < -0.3 is 15.0 Å². The average Bonchev–Trinajstić information content (AvgIpc) is 2.73. The maximum atomic E-state index is 13.5. The largest absolute Gasteiger partial charge is 0.487 e. The summed E-state index contributed by atoms with van der Waals surface area (Å²) in [6, 6.07) is 13.9. The second-order valence-corrected chi connectivity index (χ2v) is 8.95. The third kappa shape index (κ3) is 4.73. The van der Waals surface area contributed by atoms with Crippen molar-refractivity contribution in [2.45, 2.75) is 57.1 Å². The smallest absolute Gasteiger partial charge is 0.253 e. The highest BCUT2D eigenvalue weighted by Gasteiger charge is 2.44. The molecular formula is C25H29FN2O3. The van der Waals surface area contributed by atoms with Crippen molar-refractivity contribution in [1.82, 2.24) is 10.2 Å². The first kappa shape index (κ1) is 21.3. The fourth-order valence-corrected chi connectivity index (χ4v) is 4.76. The zero-order chi connectivity index (χ0) is 22.0. The topological polar surface area (TPSA) is 58.6 Å². The molecule has 0 aromatic heterocycles. The van der Waals surface area contributed by atoms with Crippen LogP contribution in [0.4, 0.5) is 4.39 Å². The molecule has 5 nitrogen and oxygen atoms in total. The molecule has 0 aliphatic carbocycles. The number of para-hydroxylation sites is 1. The normalized spacial score (nSPS) is 19.6. The van der Waals surface area contributed by atoms with E-state index in [1.807, 2.05) is 38.1 Å². The number of carbonyl (C=O) groups is 2. The predicted octanol–water partition coefficient (Wildman–Crippen LogP) is 4.28. The molecule has 2 amide bonds. The van der Waals surface area contributed by atoms with E-state index in [1.54, 1.807) is 17.0 Å². The van der Waals surface area contributed by atoms with Crippen LogP contribution >= 0.6 is 0 Å². The number of halogens is 1. The summed E-state index contributed by atoms with van der Waals surface area (Å²) in [5.41, 5.74) is 1.05. The molecule has 1 spiro atoms. The summed E-state index contributed by atoms with van der Waals surface area (Å²) in [5.74, 6) is 0.397. The molecule has 2 aliphatic rings. The number of nitrogens with zero attached hydrogens (tertiary/aromatic N) is 1. The van der Waals surface area contributed by atoms with Gasteiger partial charge in [-0.2, -0.15) is 0 Å². The molecular weight excluding hydrogens is 395 g/mol. The lowest BCUT2D eigenvalue weighted by Crippen LogP contribution is -2.52. The molecule has 2 aromatic rings. The first-order valence-corrected chi connectivity index (χ1v) is 11.0. The Morgan fingerprint density at radius 3 is 2.61 bits per heavy atom. The first-order chi connectivity index (χ1) is 14.8. The van der Waals surface area contributed by atoms with E-state index >= 15 is 0 Å². The number of piperidine rings is 1. The highest BCUT2D eigenvalue weighted by molar-refractivity contribution is 5.94. The number of benzene rings is 2. The molecule has 31 heavy (non-hydrogen) atoms. The van der Waals surface area contributed by atoms with Crippen molar-refractivity contribution in [2.75, 3.05) is 13.1 Å². The third-order valence-corrected chi connectivity index (χ3v) is 6.22. The Hall–Kier alpha value is -2.89. The highest BCUT2D eigenvalue weighted by atomic mass is 19.1. The van der Waals surface area contributed by atoms with Crippen molar-refractivity contribution < 1.29 is 18.7 Å². The Labute approximate surface area is 182 Å². The van der Waals surface area contributed by atoms with E-state index in [0.29, 0.717) is 37.9 Å². The quantitative estimate of drug-likeness (QED) is 0.797. The lowest BCUT2D eigenvalue weighted by molar-refractivity contribution is -0.122. The Bertz CT molecular complexity index is 967. The molecule has 4 rings (SSSR count). The molecule has 1 atom stereocenters. The molecule has 2 heterocycles. The van der Waals surface area contributed by atoms with Gasteiger partial charge in [0.15, 0.2) is 0 Å². The summed E-state index contributed by atoms with van der Waals surface area (Å²) < 4.78 is 20.0. The molecule has 1 saturated heterocycles. The molecule has 2 aliphatic heterocycles. The summed E-state index contributed by atoms with van der Waals surface area (Å²) in [6.45, 7) is 5.01. The van der Waals surface area contributed by atoms with Gasteiger partial charge in [0.2, 0.25) is 5.91 Å². The zero-order valence-corrected chi connectivity index (χ0v) is 18.1. The second-order valence-electron chi connectivity index (χ2n) is 8.95. The maximum absolute atomic E-state index is 13.5.